The number of hydrogen-bond donors (Lipinski definition) is 1. The Kier molecular flexibility index (Phi) is 4.26. The Balaban J connectivity index is 1.89. The fraction of sp³-hybridized carbons (Fsp3) is 0.0526. The molecule has 2 aromatic carbocycles. The van der Waals surface area contributed by atoms with E-state index in [0.29, 0.717) is 27.4 Å². The van der Waals surface area contributed by atoms with E-state index in [1.54, 1.807) is 18.3 Å². The second-order valence-corrected chi connectivity index (χ2v) is 6.95. The van der Waals surface area contributed by atoms with Crippen molar-refractivity contribution in [3.8, 4) is 22.7 Å². The highest BCUT2D eigenvalue weighted by Crippen LogP contribution is 2.27. The van der Waals surface area contributed by atoms with E-state index in [-0.39, 0.29) is 0 Å². The number of rotatable bonds is 3. The van der Waals surface area contributed by atoms with Crippen molar-refractivity contribution >= 4 is 39.1 Å². The number of halogens is 1. The van der Waals surface area contributed by atoms with Crippen molar-refractivity contribution in [1.29, 1.82) is 0 Å². The standard InChI is InChI=1S/C19H13BrN2O3S/c1-24-16-7-2-4-11-8-14(18(23)25-17(11)16)15-10-22(19(26)21-15)13-6-3-5-12(20)9-13/h2-10H,1H3,(H,21,26). The van der Waals surface area contributed by atoms with Crippen LogP contribution in [0.3, 0.4) is 0 Å². The van der Waals surface area contributed by atoms with Crippen LogP contribution in [0.25, 0.3) is 27.9 Å². The van der Waals surface area contributed by atoms with E-state index < -0.39 is 5.63 Å². The highest BCUT2D eigenvalue weighted by molar-refractivity contribution is 9.10. The summed E-state index contributed by atoms with van der Waals surface area (Å²) in [5.41, 5.74) is 1.85. The monoisotopic (exact) mass is 428 g/mol. The van der Waals surface area contributed by atoms with Crippen LogP contribution in [0.4, 0.5) is 0 Å². The van der Waals surface area contributed by atoms with Gasteiger partial charge in [-0.1, -0.05) is 34.1 Å². The Bertz CT molecular complexity index is 1240. The SMILES string of the molecule is COc1cccc2cc(-c3cn(-c4cccc(Br)c4)c(=S)[nH]3)c(=O)oc12. The molecular weight excluding hydrogens is 416 g/mol. The van der Waals surface area contributed by atoms with Gasteiger partial charge in [0.2, 0.25) is 0 Å². The minimum atomic E-state index is -0.459. The summed E-state index contributed by atoms with van der Waals surface area (Å²) in [5.74, 6) is 0.519. The van der Waals surface area contributed by atoms with Crippen LogP contribution >= 0.6 is 28.1 Å². The first-order chi connectivity index (χ1) is 12.6. The van der Waals surface area contributed by atoms with Crippen molar-refractivity contribution < 1.29 is 9.15 Å². The molecule has 0 aliphatic rings. The molecule has 0 atom stereocenters. The van der Waals surface area contributed by atoms with Gasteiger partial charge in [-0.15, -0.1) is 0 Å². The zero-order valence-corrected chi connectivity index (χ0v) is 16.1. The molecule has 4 aromatic rings. The summed E-state index contributed by atoms with van der Waals surface area (Å²) in [6.07, 6.45) is 1.79. The molecule has 2 heterocycles. The minimum absolute atomic E-state index is 0.408. The van der Waals surface area contributed by atoms with E-state index in [1.807, 2.05) is 41.0 Å². The number of ether oxygens (including phenoxy) is 1. The van der Waals surface area contributed by atoms with Gasteiger partial charge in [0.1, 0.15) is 0 Å². The van der Waals surface area contributed by atoms with Crippen LogP contribution in [0, 0.1) is 4.77 Å². The van der Waals surface area contributed by atoms with Gasteiger partial charge in [0.05, 0.1) is 18.4 Å². The van der Waals surface area contributed by atoms with Crippen LogP contribution in [-0.4, -0.2) is 16.7 Å². The molecule has 0 spiro atoms. The van der Waals surface area contributed by atoms with E-state index in [1.165, 1.54) is 7.11 Å². The van der Waals surface area contributed by atoms with Crippen molar-refractivity contribution in [3.05, 3.63) is 74.4 Å². The Labute approximate surface area is 162 Å². The highest BCUT2D eigenvalue weighted by atomic mass is 79.9. The molecule has 0 fully saturated rings. The summed E-state index contributed by atoms with van der Waals surface area (Å²) in [6, 6.07) is 15.0. The number of aromatic amines is 1. The highest BCUT2D eigenvalue weighted by Gasteiger charge is 2.13. The van der Waals surface area contributed by atoms with Crippen LogP contribution in [0.15, 0.2) is 68.4 Å². The molecule has 4 rings (SSSR count). The third-order valence-electron chi connectivity index (χ3n) is 4.04. The Hall–Kier alpha value is -2.64. The minimum Gasteiger partial charge on any atom is -0.493 e. The zero-order valence-electron chi connectivity index (χ0n) is 13.7. The first-order valence-electron chi connectivity index (χ1n) is 7.75. The maximum absolute atomic E-state index is 12.5. The number of methoxy groups -OCH3 is 1. The molecule has 0 radical (unpaired) electrons. The second kappa shape index (κ2) is 6.59. The Morgan fingerprint density at radius 2 is 2.00 bits per heavy atom. The smallest absolute Gasteiger partial charge is 0.345 e. The summed E-state index contributed by atoms with van der Waals surface area (Å²) in [7, 11) is 1.54. The number of hydrogen-bond acceptors (Lipinski definition) is 4. The lowest BCUT2D eigenvalue weighted by molar-refractivity contribution is 0.407. The summed E-state index contributed by atoms with van der Waals surface area (Å²) >= 11 is 8.87. The zero-order chi connectivity index (χ0) is 18.3. The van der Waals surface area contributed by atoms with Gasteiger partial charge in [0.15, 0.2) is 16.1 Å². The van der Waals surface area contributed by atoms with Crippen molar-refractivity contribution in [2.24, 2.45) is 0 Å². The molecular formula is C19H13BrN2O3S. The number of imidazole rings is 1. The van der Waals surface area contributed by atoms with Gasteiger partial charge in [0.25, 0.3) is 0 Å². The number of nitrogens with one attached hydrogen (secondary N) is 1. The van der Waals surface area contributed by atoms with E-state index >= 15 is 0 Å². The third kappa shape index (κ3) is 2.89. The molecule has 130 valence electrons. The molecule has 1 N–H and O–H groups in total. The molecule has 0 saturated heterocycles. The molecule has 0 saturated carbocycles. The summed E-state index contributed by atoms with van der Waals surface area (Å²) < 4.78 is 14.0. The average molecular weight is 429 g/mol. The fourth-order valence-corrected chi connectivity index (χ4v) is 3.47. The van der Waals surface area contributed by atoms with Crippen LogP contribution in [0.5, 0.6) is 5.75 Å². The van der Waals surface area contributed by atoms with Crippen LogP contribution in [0.2, 0.25) is 0 Å². The van der Waals surface area contributed by atoms with Crippen molar-refractivity contribution in [1.82, 2.24) is 9.55 Å². The number of H-pyrrole nitrogens is 1. The lowest BCUT2D eigenvalue weighted by Crippen LogP contribution is -2.03. The topological polar surface area (TPSA) is 60.2 Å². The van der Waals surface area contributed by atoms with Gasteiger partial charge in [-0.2, -0.15) is 0 Å². The number of nitrogens with zero attached hydrogens (tertiary/aromatic N) is 1. The molecule has 0 unspecified atom stereocenters. The maximum Gasteiger partial charge on any atom is 0.345 e. The van der Waals surface area contributed by atoms with E-state index in [2.05, 4.69) is 20.9 Å². The summed E-state index contributed by atoms with van der Waals surface area (Å²) in [4.78, 5) is 15.6. The number of aromatic nitrogens is 2. The second-order valence-electron chi connectivity index (χ2n) is 5.65. The van der Waals surface area contributed by atoms with Crippen molar-refractivity contribution in [2.45, 2.75) is 0 Å². The predicted octanol–water partition coefficient (Wildman–Crippen LogP) is 5.08. The first kappa shape index (κ1) is 16.8. The van der Waals surface area contributed by atoms with E-state index in [0.717, 1.165) is 15.5 Å². The van der Waals surface area contributed by atoms with Gasteiger partial charge in [-0.3, -0.25) is 4.57 Å². The fourth-order valence-electron chi connectivity index (χ4n) is 2.82. The molecule has 0 bridgehead atoms. The molecule has 0 aliphatic heterocycles. The summed E-state index contributed by atoms with van der Waals surface area (Å²) in [5, 5.41) is 0.772. The Morgan fingerprint density at radius 3 is 2.77 bits per heavy atom. The lowest BCUT2D eigenvalue weighted by atomic mass is 10.1. The molecule has 0 aliphatic carbocycles. The van der Waals surface area contributed by atoms with Crippen LogP contribution in [0.1, 0.15) is 0 Å². The average Bonchev–Trinajstić information content (AvgIpc) is 3.02. The normalized spacial score (nSPS) is 11.0. The number of para-hydroxylation sites is 1. The largest absolute Gasteiger partial charge is 0.493 e. The first-order valence-corrected chi connectivity index (χ1v) is 8.96. The quantitative estimate of drug-likeness (QED) is 0.365. The molecule has 7 heteroatoms. The predicted molar refractivity (Wildman–Crippen MR) is 107 cm³/mol. The number of benzene rings is 2. The van der Waals surface area contributed by atoms with E-state index in [4.69, 9.17) is 21.4 Å². The molecule has 26 heavy (non-hydrogen) atoms. The molecule has 0 amide bonds. The van der Waals surface area contributed by atoms with Gasteiger partial charge < -0.3 is 14.1 Å². The van der Waals surface area contributed by atoms with Gasteiger partial charge in [-0.05, 0) is 42.5 Å². The van der Waals surface area contributed by atoms with Crippen molar-refractivity contribution in [3.63, 3.8) is 0 Å². The number of fused-ring (bicyclic) bond motifs is 1. The maximum atomic E-state index is 12.5. The summed E-state index contributed by atoms with van der Waals surface area (Å²) in [6.45, 7) is 0. The molecule has 2 aromatic heterocycles. The third-order valence-corrected chi connectivity index (χ3v) is 4.83. The van der Waals surface area contributed by atoms with Crippen LogP contribution < -0.4 is 10.4 Å². The van der Waals surface area contributed by atoms with Crippen molar-refractivity contribution in [2.75, 3.05) is 7.11 Å². The van der Waals surface area contributed by atoms with Crippen LogP contribution in [-0.2, 0) is 0 Å². The Morgan fingerprint density at radius 1 is 1.19 bits per heavy atom. The van der Waals surface area contributed by atoms with Gasteiger partial charge in [0, 0.05) is 21.7 Å². The van der Waals surface area contributed by atoms with E-state index in [9.17, 15) is 4.79 Å². The lowest BCUT2D eigenvalue weighted by Gasteiger charge is -2.05. The van der Waals surface area contributed by atoms with Gasteiger partial charge in [-0.25, -0.2) is 4.79 Å². The van der Waals surface area contributed by atoms with Gasteiger partial charge >= 0.3 is 5.63 Å². The molecule has 5 nitrogen and oxygen atoms in total.